The van der Waals surface area contributed by atoms with Crippen molar-refractivity contribution in [2.24, 2.45) is 0 Å². The van der Waals surface area contributed by atoms with Crippen molar-refractivity contribution in [3.8, 4) is 0 Å². The van der Waals surface area contributed by atoms with Crippen LogP contribution in [0.4, 0.5) is 0 Å². The lowest BCUT2D eigenvalue weighted by Gasteiger charge is -1.34. The Bertz CT molecular complexity index is 55.1. The molecule has 6 heteroatoms. The summed E-state index contributed by atoms with van der Waals surface area (Å²) in [6.07, 6.45) is 0. The van der Waals surface area contributed by atoms with Gasteiger partial charge in [-0.05, 0) is 0 Å². The molecule has 0 aromatic rings. The van der Waals surface area contributed by atoms with Crippen molar-refractivity contribution < 1.29 is 24.3 Å². The van der Waals surface area contributed by atoms with Crippen molar-refractivity contribution in [2.45, 2.75) is 0 Å². The second kappa shape index (κ2) is 9.09. The first-order valence-corrected chi connectivity index (χ1v) is 2.24. The first-order valence-electron chi connectivity index (χ1n) is 1.08. The van der Waals surface area contributed by atoms with Crippen LogP contribution in [0.1, 0.15) is 0 Å². The summed E-state index contributed by atoms with van der Waals surface area (Å²) in [5.41, 5.74) is 0. The number of hydrogen-bond acceptors (Lipinski definition) is 2. The Hall–Kier alpha value is -0.510. The molecule has 0 saturated heterocycles. The third-order valence-electron chi connectivity index (χ3n) is 0. The van der Waals surface area contributed by atoms with E-state index in [1.807, 2.05) is 0 Å². The summed E-state index contributed by atoms with van der Waals surface area (Å²) in [4.78, 5) is 22.6. The summed E-state index contributed by atoms with van der Waals surface area (Å²) in [5.74, 6) is 0. The second-order valence-corrected chi connectivity index (χ2v) is 0.864. The van der Waals surface area contributed by atoms with Gasteiger partial charge in [0.25, 0.3) is 6.47 Å². The first-order chi connectivity index (χ1) is 3.15. The highest BCUT2D eigenvalue weighted by molar-refractivity contribution is 7.30. The molecule has 0 aromatic carbocycles. The molecule has 0 aliphatic carbocycles. The summed E-state index contributed by atoms with van der Waals surface area (Å²) in [6, 6.07) is 0. The maximum absolute atomic E-state index is 8.70. The van der Waals surface area contributed by atoms with Crippen LogP contribution in [0.15, 0.2) is 0 Å². The molecule has 0 amide bonds. The van der Waals surface area contributed by atoms with Crippen LogP contribution in [0.2, 0.25) is 0 Å². The van der Waals surface area contributed by atoms with Crippen LogP contribution in [-0.4, -0.2) is 21.4 Å². The average molecular weight is 127 g/mol. The van der Waals surface area contributed by atoms with Crippen molar-refractivity contribution in [3.63, 3.8) is 0 Å². The topological polar surface area (TPSA) is 94.8 Å². The van der Waals surface area contributed by atoms with Crippen LogP contribution >= 0.6 is 8.25 Å². The van der Waals surface area contributed by atoms with Gasteiger partial charge in [-0.1, -0.05) is 0 Å². The van der Waals surface area contributed by atoms with E-state index in [4.69, 9.17) is 24.3 Å². The molecule has 0 aromatic heterocycles. The zero-order chi connectivity index (χ0) is 6.28. The van der Waals surface area contributed by atoms with Gasteiger partial charge in [-0.15, -0.1) is 9.79 Å². The third kappa shape index (κ3) is 257. The average Bonchev–Trinajstić information content (AvgIpc) is 1.33. The highest BCUT2D eigenvalue weighted by atomic mass is 31.1. The largest absolute Gasteiger partial charge is 0.692 e. The van der Waals surface area contributed by atoms with E-state index < -0.39 is 8.25 Å². The molecule has 0 atom stereocenters. The fraction of sp³-hybridized carbons (Fsp3) is 0. The summed E-state index contributed by atoms with van der Waals surface area (Å²) < 4.78 is 8.70. The van der Waals surface area contributed by atoms with Gasteiger partial charge in [0.2, 0.25) is 0 Å². The van der Waals surface area contributed by atoms with E-state index in [0.717, 1.165) is 0 Å². The third-order valence-corrected chi connectivity index (χ3v) is 0. The van der Waals surface area contributed by atoms with Gasteiger partial charge in [0, 0.05) is 4.57 Å². The van der Waals surface area contributed by atoms with Crippen molar-refractivity contribution in [2.75, 3.05) is 0 Å². The Morgan fingerprint density at radius 3 is 1.43 bits per heavy atom. The molecule has 3 N–H and O–H groups in total. The van der Waals surface area contributed by atoms with E-state index in [9.17, 15) is 0 Å². The molecule has 0 aliphatic heterocycles. The second-order valence-electron chi connectivity index (χ2n) is 0.358. The van der Waals surface area contributed by atoms with Crippen molar-refractivity contribution in [1.29, 1.82) is 0 Å². The number of carboxylic acid groups (broad SMARTS) is 1. The van der Waals surface area contributed by atoms with Crippen LogP contribution in [-0.2, 0) is 9.36 Å². The van der Waals surface area contributed by atoms with Gasteiger partial charge in [-0.3, -0.25) is 4.79 Å². The van der Waals surface area contributed by atoms with Gasteiger partial charge >= 0.3 is 8.25 Å². The first kappa shape index (κ1) is 9.70. The summed E-state index contributed by atoms with van der Waals surface area (Å²) in [7, 11) is -2.87. The highest BCUT2D eigenvalue weighted by Crippen LogP contribution is 1.98. The lowest BCUT2D eigenvalue weighted by atomic mass is 11.7. The van der Waals surface area contributed by atoms with Crippen LogP contribution in [0.5, 0.6) is 0 Å². The van der Waals surface area contributed by atoms with E-state index >= 15 is 0 Å². The number of carbonyl (C=O) groups is 1. The van der Waals surface area contributed by atoms with E-state index in [1.54, 1.807) is 0 Å². The zero-order valence-corrected chi connectivity index (χ0v) is 4.08. The van der Waals surface area contributed by atoms with Crippen LogP contribution in [0.25, 0.3) is 0 Å². The summed E-state index contributed by atoms with van der Waals surface area (Å²) >= 11 is 0. The molecular formula is CH4O5P+. The van der Waals surface area contributed by atoms with Gasteiger partial charge in [-0.2, -0.15) is 0 Å². The minimum absolute atomic E-state index is 0.250. The fourth-order valence-corrected chi connectivity index (χ4v) is 0. The molecule has 0 fully saturated rings. The zero-order valence-electron chi connectivity index (χ0n) is 3.18. The van der Waals surface area contributed by atoms with Crippen molar-refractivity contribution >= 4 is 14.7 Å². The molecule has 5 nitrogen and oxygen atoms in total. The number of rotatable bonds is 0. The fourth-order valence-electron chi connectivity index (χ4n) is 0. The molecule has 0 radical (unpaired) electrons. The predicted octanol–water partition coefficient (Wildman–Crippen LogP) is -0.671. The Labute approximate surface area is 40.2 Å². The lowest BCUT2D eigenvalue weighted by Crippen LogP contribution is -1.49. The summed E-state index contributed by atoms with van der Waals surface area (Å²) in [6.45, 7) is -0.250. The van der Waals surface area contributed by atoms with Crippen LogP contribution in [0, 0.1) is 0 Å². The standard InChI is InChI=1S/CH2O2.HO3P/c2-1-3;1-4(2)3/h1H,(H,2,3);(H-,1,2,3)/p+1. The monoisotopic (exact) mass is 127 g/mol. The minimum Gasteiger partial charge on any atom is -0.483 e. The SMILES string of the molecule is O=CO.O=[P+](O)O. The molecule has 0 unspecified atom stereocenters. The quantitative estimate of drug-likeness (QED) is 0.296. The van der Waals surface area contributed by atoms with E-state index in [2.05, 4.69) is 0 Å². The molecule has 0 heterocycles. The Kier molecular flexibility index (Phi) is 12.6. The molecule has 0 bridgehead atoms. The molecule has 0 saturated carbocycles. The predicted molar refractivity (Wildman–Crippen MR) is 20.7 cm³/mol. The highest BCUT2D eigenvalue weighted by Gasteiger charge is 1.93. The van der Waals surface area contributed by atoms with Gasteiger partial charge in [0.1, 0.15) is 0 Å². The van der Waals surface area contributed by atoms with E-state index in [-0.39, 0.29) is 6.47 Å². The lowest BCUT2D eigenvalue weighted by molar-refractivity contribution is -0.122. The number of hydrogen-bond donors (Lipinski definition) is 3. The van der Waals surface area contributed by atoms with Crippen LogP contribution < -0.4 is 0 Å². The Morgan fingerprint density at radius 1 is 1.43 bits per heavy atom. The van der Waals surface area contributed by atoms with Gasteiger partial charge < -0.3 is 5.11 Å². The van der Waals surface area contributed by atoms with Crippen LogP contribution in [0.3, 0.4) is 0 Å². The van der Waals surface area contributed by atoms with Gasteiger partial charge in [0.05, 0.1) is 0 Å². The molecule has 0 aliphatic rings. The minimum atomic E-state index is -2.87. The van der Waals surface area contributed by atoms with Crippen molar-refractivity contribution in [3.05, 3.63) is 0 Å². The van der Waals surface area contributed by atoms with Gasteiger partial charge in [0.15, 0.2) is 0 Å². The maximum Gasteiger partial charge on any atom is 0.692 e. The normalized spacial score (nSPS) is 5.43. The molecule has 0 spiro atoms. The molecule has 0 rings (SSSR count). The smallest absolute Gasteiger partial charge is 0.483 e. The van der Waals surface area contributed by atoms with E-state index in [1.165, 1.54) is 0 Å². The molecule has 7 heavy (non-hydrogen) atoms. The van der Waals surface area contributed by atoms with Crippen molar-refractivity contribution in [1.82, 2.24) is 0 Å². The Balaban J connectivity index is 0. The Morgan fingerprint density at radius 2 is 1.43 bits per heavy atom. The molecule has 42 valence electrons. The van der Waals surface area contributed by atoms with E-state index in [0.29, 0.717) is 0 Å². The molecular weight excluding hydrogens is 123 g/mol. The van der Waals surface area contributed by atoms with Gasteiger partial charge in [-0.25, -0.2) is 0 Å². The summed E-state index contributed by atoms with van der Waals surface area (Å²) in [5, 5.41) is 6.89. The maximum atomic E-state index is 8.70.